The van der Waals surface area contributed by atoms with Gasteiger partial charge in [0.05, 0.1) is 18.3 Å². The normalized spacial score (nSPS) is 31.8. The predicted octanol–water partition coefficient (Wildman–Crippen LogP) is -0.0504. The summed E-state index contributed by atoms with van der Waals surface area (Å²) in [5, 5.41) is 9.26. The number of fused-ring (bicyclic) bond motifs is 3. The lowest BCUT2D eigenvalue weighted by Gasteiger charge is -2.46. The summed E-state index contributed by atoms with van der Waals surface area (Å²) in [6, 6.07) is 0.309. The highest BCUT2D eigenvalue weighted by molar-refractivity contribution is 5.16. The van der Waals surface area contributed by atoms with E-state index in [9.17, 15) is 5.11 Å². The van der Waals surface area contributed by atoms with E-state index in [2.05, 4.69) is 19.8 Å². The lowest BCUT2D eigenvalue weighted by Crippen LogP contribution is -2.57. The molecule has 0 radical (unpaired) electrons. The third kappa shape index (κ3) is 1.94. The van der Waals surface area contributed by atoms with E-state index in [1.165, 1.54) is 0 Å². The van der Waals surface area contributed by atoms with Crippen LogP contribution in [0.1, 0.15) is 23.1 Å². The number of aliphatic hydroxyl groups excluding tert-OH is 1. The van der Waals surface area contributed by atoms with E-state index in [0.717, 1.165) is 49.8 Å². The van der Waals surface area contributed by atoms with Gasteiger partial charge < -0.3 is 5.11 Å². The number of piperazine rings is 3. The van der Waals surface area contributed by atoms with Crippen molar-refractivity contribution in [2.45, 2.75) is 19.6 Å². The van der Waals surface area contributed by atoms with Crippen LogP contribution in [-0.2, 0) is 6.61 Å². The molecular formula is C12H18N4O. The molecule has 5 heteroatoms. The van der Waals surface area contributed by atoms with Crippen LogP contribution in [0.4, 0.5) is 0 Å². The molecule has 0 saturated carbocycles. The van der Waals surface area contributed by atoms with Gasteiger partial charge in [0.15, 0.2) is 0 Å². The Morgan fingerprint density at radius 2 is 2.12 bits per heavy atom. The van der Waals surface area contributed by atoms with Crippen molar-refractivity contribution in [2.24, 2.45) is 0 Å². The molecule has 0 aliphatic carbocycles. The van der Waals surface area contributed by atoms with Crippen LogP contribution in [0.25, 0.3) is 0 Å². The summed E-state index contributed by atoms with van der Waals surface area (Å²) in [6.07, 6.45) is 1.83. The lowest BCUT2D eigenvalue weighted by atomic mass is 10.1. The van der Waals surface area contributed by atoms with Gasteiger partial charge in [-0.25, -0.2) is 9.97 Å². The van der Waals surface area contributed by atoms with E-state index in [1.54, 1.807) is 0 Å². The zero-order chi connectivity index (χ0) is 11.8. The molecule has 3 aliphatic heterocycles. The van der Waals surface area contributed by atoms with Gasteiger partial charge in [0.25, 0.3) is 0 Å². The highest BCUT2D eigenvalue weighted by Gasteiger charge is 2.34. The van der Waals surface area contributed by atoms with Crippen LogP contribution in [-0.4, -0.2) is 57.6 Å². The van der Waals surface area contributed by atoms with Crippen LogP contribution < -0.4 is 0 Å². The molecule has 2 bridgehead atoms. The van der Waals surface area contributed by atoms with Gasteiger partial charge in [-0.15, -0.1) is 0 Å². The number of nitrogens with zero attached hydrogens (tertiary/aromatic N) is 4. The maximum Gasteiger partial charge on any atom is 0.147 e. The fraction of sp³-hybridized carbons (Fsp3) is 0.667. The third-order valence-corrected chi connectivity index (χ3v) is 3.82. The van der Waals surface area contributed by atoms with Crippen LogP contribution >= 0.6 is 0 Å². The van der Waals surface area contributed by atoms with Gasteiger partial charge in [0.1, 0.15) is 5.82 Å². The van der Waals surface area contributed by atoms with Gasteiger partial charge in [0, 0.05) is 38.9 Å². The molecule has 0 aromatic carbocycles. The fourth-order valence-electron chi connectivity index (χ4n) is 2.68. The first kappa shape index (κ1) is 11.1. The summed E-state index contributed by atoms with van der Waals surface area (Å²) < 4.78 is 0. The third-order valence-electron chi connectivity index (χ3n) is 3.82. The van der Waals surface area contributed by atoms with Gasteiger partial charge >= 0.3 is 0 Å². The zero-order valence-electron chi connectivity index (χ0n) is 10.1. The van der Waals surface area contributed by atoms with E-state index in [-0.39, 0.29) is 6.61 Å². The van der Waals surface area contributed by atoms with Crippen molar-refractivity contribution in [3.63, 3.8) is 0 Å². The van der Waals surface area contributed by atoms with Gasteiger partial charge in [-0.2, -0.15) is 0 Å². The molecule has 5 nitrogen and oxygen atoms in total. The van der Waals surface area contributed by atoms with Gasteiger partial charge in [0.2, 0.25) is 0 Å². The lowest BCUT2D eigenvalue weighted by molar-refractivity contribution is 0.00844. The molecule has 1 atom stereocenters. The SMILES string of the molecule is Cc1cnc(C2CN3CCN2CC3)nc1CO. The molecule has 3 fully saturated rings. The molecule has 4 heterocycles. The maximum absolute atomic E-state index is 9.26. The molecule has 3 aliphatic rings. The van der Waals surface area contributed by atoms with Gasteiger partial charge in [-0.3, -0.25) is 9.80 Å². The van der Waals surface area contributed by atoms with E-state index in [1.807, 2.05) is 13.1 Å². The average molecular weight is 234 g/mol. The molecule has 17 heavy (non-hydrogen) atoms. The number of aromatic nitrogens is 2. The predicted molar refractivity (Wildman–Crippen MR) is 63.4 cm³/mol. The van der Waals surface area contributed by atoms with Gasteiger partial charge in [-0.05, 0) is 12.5 Å². The zero-order valence-corrected chi connectivity index (χ0v) is 10.1. The smallest absolute Gasteiger partial charge is 0.147 e. The molecule has 92 valence electrons. The first-order valence-corrected chi connectivity index (χ1v) is 6.17. The molecule has 4 rings (SSSR count). The van der Waals surface area contributed by atoms with Crippen molar-refractivity contribution in [2.75, 3.05) is 32.7 Å². The number of aliphatic hydroxyl groups is 1. The minimum Gasteiger partial charge on any atom is -0.390 e. The van der Waals surface area contributed by atoms with Crippen LogP contribution in [0.5, 0.6) is 0 Å². The molecule has 3 saturated heterocycles. The molecular weight excluding hydrogens is 216 g/mol. The van der Waals surface area contributed by atoms with Crippen LogP contribution in [0.15, 0.2) is 6.20 Å². The second-order valence-corrected chi connectivity index (χ2v) is 4.87. The Balaban J connectivity index is 1.89. The van der Waals surface area contributed by atoms with Crippen LogP contribution in [0.3, 0.4) is 0 Å². The summed E-state index contributed by atoms with van der Waals surface area (Å²) in [5.74, 6) is 0.865. The summed E-state index contributed by atoms with van der Waals surface area (Å²) in [6.45, 7) is 7.50. The molecule has 1 aromatic rings. The number of rotatable bonds is 2. The highest BCUT2D eigenvalue weighted by atomic mass is 16.3. The summed E-state index contributed by atoms with van der Waals surface area (Å²) in [7, 11) is 0. The van der Waals surface area contributed by atoms with Crippen LogP contribution in [0, 0.1) is 6.92 Å². The van der Waals surface area contributed by atoms with Crippen LogP contribution in [0.2, 0.25) is 0 Å². The molecule has 1 aromatic heterocycles. The van der Waals surface area contributed by atoms with E-state index < -0.39 is 0 Å². The molecule has 0 amide bonds. The molecule has 1 unspecified atom stereocenters. The Bertz CT molecular complexity index is 415. The summed E-state index contributed by atoms with van der Waals surface area (Å²) in [4.78, 5) is 13.9. The van der Waals surface area contributed by atoms with Gasteiger partial charge in [-0.1, -0.05) is 0 Å². The average Bonchev–Trinajstić information content (AvgIpc) is 2.40. The minimum atomic E-state index is -0.00219. The van der Waals surface area contributed by atoms with Crippen molar-refractivity contribution in [1.29, 1.82) is 0 Å². The molecule has 0 spiro atoms. The second kappa shape index (κ2) is 4.33. The second-order valence-electron chi connectivity index (χ2n) is 4.87. The van der Waals surface area contributed by atoms with E-state index >= 15 is 0 Å². The first-order chi connectivity index (χ1) is 8.28. The number of hydrogen-bond acceptors (Lipinski definition) is 5. The number of aryl methyl sites for hydroxylation is 1. The summed E-state index contributed by atoms with van der Waals surface area (Å²) in [5.41, 5.74) is 1.72. The van der Waals surface area contributed by atoms with Crippen molar-refractivity contribution in [3.8, 4) is 0 Å². The summed E-state index contributed by atoms with van der Waals surface area (Å²) >= 11 is 0. The topological polar surface area (TPSA) is 52.5 Å². The Morgan fingerprint density at radius 1 is 1.35 bits per heavy atom. The Labute approximate surface area is 101 Å². The highest BCUT2D eigenvalue weighted by Crippen LogP contribution is 2.26. The minimum absolute atomic E-state index is 0.00219. The van der Waals surface area contributed by atoms with E-state index in [0.29, 0.717) is 6.04 Å². The quantitative estimate of drug-likeness (QED) is 0.777. The molecule has 1 N–H and O–H groups in total. The Morgan fingerprint density at radius 3 is 2.71 bits per heavy atom. The van der Waals surface area contributed by atoms with Crippen molar-refractivity contribution in [1.82, 2.24) is 19.8 Å². The van der Waals surface area contributed by atoms with E-state index in [4.69, 9.17) is 0 Å². The largest absolute Gasteiger partial charge is 0.390 e. The number of hydrogen-bond donors (Lipinski definition) is 1. The Kier molecular flexibility index (Phi) is 2.82. The monoisotopic (exact) mass is 234 g/mol. The Hall–Kier alpha value is -1.04. The maximum atomic E-state index is 9.26. The first-order valence-electron chi connectivity index (χ1n) is 6.17. The fourth-order valence-corrected chi connectivity index (χ4v) is 2.68. The van der Waals surface area contributed by atoms with Crippen molar-refractivity contribution >= 4 is 0 Å². The standard InChI is InChI=1S/C12H18N4O/c1-9-6-13-12(14-10(9)8-17)11-7-15-2-4-16(11)5-3-15/h6,11,17H,2-5,7-8H2,1H3. The van der Waals surface area contributed by atoms with Crippen molar-refractivity contribution < 1.29 is 5.11 Å². The van der Waals surface area contributed by atoms with Crippen molar-refractivity contribution in [3.05, 3.63) is 23.3 Å².